The number of halogens is 2. The van der Waals surface area contributed by atoms with Crippen molar-refractivity contribution >= 4 is 41.3 Å². The van der Waals surface area contributed by atoms with Crippen LogP contribution in [0.5, 0.6) is 0 Å². The number of rotatable bonds is 5. The molecule has 136 valence electrons. The van der Waals surface area contributed by atoms with Gasteiger partial charge in [0.25, 0.3) is 0 Å². The standard InChI is InChI=1S/C18H23FN4S.HI/c1-11-12(2)24-17(22-11)8-9-21-18(20-3)23-16-10-14(16)13-6-4-5-7-15(13)19;/h4-7,14,16H,8-10H2,1-3H3,(H2,20,21,23);1H. The first-order valence-electron chi connectivity index (χ1n) is 8.23. The molecule has 0 saturated heterocycles. The average molecular weight is 474 g/mol. The number of thiazole rings is 1. The van der Waals surface area contributed by atoms with Crippen molar-refractivity contribution in [2.45, 2.75) is 38.6 Å². The van der Waals surface area contributed by atoms with Gasteiger partial charge >= 0.3 is 0 Å². The Hall–Kier alpha value is -1.22. The molecule has 2 N–H and O–H groups in total. The number of hydrogen-bond donors (Lipinski definition) is 2. The lowest BCUT2D eigenvalue weighted by Gasteiger charge is -2.11. The monoisotopic (exact) mass is 474 g/mol. The molecule has 4 nitrogen and oxygen atoms in total. The van der Waals surface area contributed by atoms with Gasteiger partial charge in [-0.3, -0.25) is 4.99 Å². The van der Waals surface area contributed by atoms with E-state index in [-0.39, 0.29) is 41.8 Å². The van der Waals surface area contributed by atoms with Gasteiger partial charge in [-0.05, 0) is 31.9 Å². The number of aromatic nitrogens is 1. The molecule has 0 radical (unpaired) electrons. The van der Waals surface area contributed by atoms with Gasteiger partial charge in [0.05, 0.1) is 10.7 Å². The van der Waals surface area contributed by atoms with Gasteiger partial charge in [0.15, 0.2) is 5.96 Å². The van der Waals surface area contributed by atoms with Gasteiger partial charge in [0.1, 0.15) is 5.82 Å². The Morgan fingerprint density at radius 3 is 2.76 bits per heavy atom. The van der Waals surface area contributed by atoms with Gasteiger partial charge < -0.3 is 10.6 Å². The Morgan fingerprint density at radius 2 is 2.12 bits per heavy atom. The summed E-state index contributed by atoms with van der Waals surface area (Å²) < 4.78 is 13.8. The highest BCUT2D eigenvalue weighted by molar-refractivity contribution is 14.0. The van der Waals surface area contributed by atoms with Crippen molar-refractivity contribution in [1.29, 1.82) is 0 Å². The summed E-state index contributed by atoms with van der Waals surface area (Å²) in [5.74, 6) is 0.877. The zero-order chi connectivity index (χ0) is 17.1. The molecule has 0 spiro atoms. The van der Waals surface area contributed by atoms with Gasteiger partial charge in [-0.2, -0.15) is 0 Å². The molecule has 1 heterocycles. The zero-order valence-corrected chi connectivity index (χ0v) is 17.8. The van der Waals surface area contributed by atoms with Crippen molar-refractivity contribution < 1.29 is 4.39 Å². The van der Waals surface area contributed by atoms with Crippen LogP contribution in [0.2, 0.25) is 0 Å². The van der Waals surface area contributed by atoms with Gasteiger partial charge in [-0.25, -0.2) is 9.37 Å². The van der Waals surface area contributed by atoms with Crippen LogP contribution in [-0.2, 0) is 6.42 Å². The normalized spacial score (nSPS) is 19.3. The largest absolute Gasteiger partial charge is 0.356 e. The molecule has 0 bridgehead atoms. The van der Waals surface area contributed by atoms with Crippen LogP contribution in [-0.4, -0.2) is 30.6 Å². The van der Waals surface area contributed by atoms with Crippen molar-refractivity contribution in [2.24, 2.45) is 4.99 Å². The lowest BCUT2D eigenvalue weighted by Crippen LogP contribution is -2.39. The minimum atomic E-state index is -0.121. The second-order valence-electron chi connectivity index (χ2n) is 6.11. The average Bonchev–Trinajstić information content (AvgIpc) is 3.25. The summed E-state index contributed by atoms with van der Waals surface area (Å²) in [6.07, 6.45) is 1.81. The summed E-state index contributed by atoms with van der Waals surface area (Å²) in [7, 11) is 1.76. The molecule has 2 atom stereocenters. The number of nitrogens with one attached hydrogen (secondary N) is 2. The highest BCUT2D eigenvalue weighted by Gasteiger charge is 2.40. The Labute approximate surface area is 169 Å². The minimum absolute atomic E-state index is 0. The first-order chi connectivity index (χ1) is 11.6. The van der Waals surface area contributed by atoms with Crippen molar-refractivity contribution in [2.75, 3.05) is 13.6 Å². The molecule has 2 unspecified atom stereocenters. The third-order valence-electron chi connectivity index (χ3n) is 4.34. The molecule has 1 saturated carbocycles. The Kier molecular flexibility index (Phi) is 7.18. The van der Waals surface area contributed by atoms with E-state index in [0.29, 0.717) is 0 Å². The molecule has 1 aliphatic carbocycles. The molecular weight excluding hydrogens is 450 g/mol. The molecule has 25 heavy (non-hydrogen) atoms. The van der Waals surface area contributed by atoms with E-state index in [2.05, 4.69) is 27.5 Å². The summed E-state index contributed by atoms with van der Waals surface area (Å²) >= 11 is 1.75. The van der Waals surface area contributed by atoms with E-state index in [9.17, 15) is 4.39 Å². The number of guanidine groups is 1. The van der Waals surface area contributed by atoms with Crippen LogP contribution < -0.4 is 10.6 Å². The highest BCUT2D eigenvalue weighted by atomic mass is 127. The molecule has 0 aliphatic heterocycles. The lowest BCUT2D eigenvalue weighted by molar-refractivity contribution is 0.607. The Bertz CT molecular complexity index is 727. The fourth-order valence-electron chi connectivity index (χ4n) is 2.78. The fourth-order valence-corrected chi connectivity index (χ4v) is 3.71. The van der Waals surface area contributed by atoms with Crippen molar-refractivity contribution in [3.63, 3.8) is 0 Å². The van der Waals surface area contributed by atoms with Gasteiger partial charge in [0.2, 0.25) is 0 Å². The van der Waals surface area contributed by atoms with Gasteiger partial charge in [-0.15, -0.1) is 35.3 Å². The molecule has 2 aromatic rings. The molecule has 7 heteroatoms. The molecular formula is C18H24FIN4S. The van der Waals surface area contributed by atoms with Gasteiger partial charge in [-0.1, -0.05) is 18.2 Å². The minimum Gasteiger partial charge on any atom is -0.356 e. The maximum absolute atomic E-state index is 13.8. The van der Waals surface area contributed by atoms with Crippen LogP contribution in [0.1, 0.15) is 33.5 Å². The number of aryl methyl sites for hydroxylation is 2. The second kappa shape index (κ2) is 8.93. The second-order valence-corrected chi connectivity index (χ2v) is 7.40. The van der Waals surface area contributed by atoms with E-state index in [1.54, 1.807) is 24.5 Å². The van der Waals surface area contributed by atoms with E-state index in [0.717, 1.165) is 41.6 Å². The Morgan fingerprint density at radius 1 is 1.36 bits per heavy atom. The fraction of sp³-hybridized carbons (Fsp3) is 0.444. The van der Waals surface area contributed by atoms with Crippen LogP contribution in [0.25, 0.3) is 0 Å². The van der Waals surface area contributed by atoms with E-state index in [4.69, 9.17) is 0 Å². The van der Waals surface area contributed by atoms with Crippen molar-refractivity contribution in [3.8, 4) is 0 Å². The highest BCUT2D eigenvalue weighted by Crippen LogP contribution is 2.41. The molecule has 1 aliphatic rings. The maximum Gasteiger partial charge on any atom is 0.191 e. The lowest BCUT2D eigenvalue weighted by atomic mass is 10.1. The quantitative estimate of drug-likeness (QED) is 0.394. The number of aliphatic imine (C=N–C) groups is 1. The first-order valence-corrected chi connectivity index (χ1v) is 9.04. The first kappa shape index (κ1) is 20.1. The Balaban J connectivity index is 0.00000225. The third-order valence-corrected chi connectivity index (χ3v) is 5.48. The summed E-state index contributed by atoms with van der Waals surface area (Å²) in [4.78, 5) is 10.1. The van der Waals surface area contributed by atoms with E-state index in [1.807, 2.05) is 19.1 Å². The predicted molar refractivity (Wildman–Crippen MR) is 113 cm³/mol. The molecule has 1 aromatic carbocycles. The SMILES string of the molecule is CN=C(NCCc1nc(C)c(C)s1)NC1CC1c1ccccc1F.I. The topological polar surface area (TPSA) is 49.3 Å². The summed E-state index contributed by atoms with van der Waals surface area (Å²) in [5.41, 5.74) is 1.91. The summed E-state index contributed by atoms with van der Waals surface area (Å²) in [6.45, 7) is 4.92. The summed E-state index contributed by atoms with van der Waals surface area (Å²) in [6, 6.07) is 7.25. The van der Waals surface area contributed by atoms with Crippen LogP contribution >= 0.6 is 35.3 Å². The van der Waals surface area contributed by atoms with Crippen LogP contribution in [0.15, 0.2) is 29.3 Å². The van der Waals surface area contributed by atoms with Crippen LogP contribution in [0.4, 0.5) is 4.39 Å². The molecule has 1 aromatic heterocycles. The predicted octanol–water partition coefficient (Wildman–Crippen LogP) is 3.78. The van der Waals surface area contributed by atoms with Crippen molar-refractivity contribution in [3.05, 3.63) is 51.2 Å². The van der Waals surface area contributed by atoms with Gasteiger partial charge in [0, 0.05) is 36.9 Å². The van der Waals surface area contributed by atoms with E-state index >= 15 is 0 Å². The third kappa shape index (κ3) is 5.13. The molecule has 3 rings (SSSR count). The van der Waals surface area contributed by atoms with E-state index in [1.165, 1.54) is 10.9 Å². The van der Waals surface area contributed by atoms with Crippen molar-refractivity contribution in [1.82, 2.24) is 15.6 Å². The number of hydrogen-bond acceptors (Lipinski definition) is 3. The number of nitrogens with zero attached hydrogens (tertiary/aromatic N) is 2. The number of benzene rings is 1. The molecule has 1 fully saturated rings. The molecule has 0 amide bonds. The zero-order valence-electron chi connectivity index (χ0n) is 14.7. The van der Waals surface area contributed by atoms with Crippen LogP contribution in [0.3, 0.4) is 0 Å². The maximum atomic E-state index is 13.8. The van der Waals surface area contributed by atoms with Crippen LogP contribution in [0, 0.1) is 19.7 Å². The summed E-state index contributed by atoms with van der Waals surface area (Å²) in [5, 5.41) is 7.83. The smallest absolute Gasteiger partial charge is 0.191 e. The van der Waals surface area contributed by atoms with E-state index < -0.39 is 0 Å².